The molecule has 16 heavy (non-hydrogen) atoms. The van der Waals surface area contributed by atoms with Gasteiger partial charge in [-0.1, -0.05) is 30.4 Å². The van der Waals surface area contributed by atoms with Crippen LogP contribution in [0.3, 0.4) is 0 Å². The molecule has 0 aliphatic carbocycles. The minimum absolute atomic E-state index is 0.247. The van der Waals surface area contributed by atoms with Gasteiger partial charge in [0.2, 0.25) is 0 Å². The van der Waals surface area contributed by atoms with Crippen molar-refractivity contribution in [2.75, 3.05) is 13.2 Å². The van der Waals surface area contributed by atoms with Crippen molar-refractivity contribution in [2.45, 2.75) is 12.5 Å². The predicted molar refractivity (Wildman–Crippen MR) is 60.2 cm³/mol. The zero-order valence-corrected chi connectivity index (χ0v) is 9.18. The van der Waals surface area contributed by atoms with Crippen molar-refractivity contribution in [2.24, 2.45) is 0 Å². The van der Waals surface area contributed by atoms with E-state index in [9.17, 15) is 4.79 Å². The molecule has 0 spiro atoms. The topological polar surface area (TPSA) is 35.5 Å². The van der Waals surface area contributed by atoms with Gasteiger partial charge in [-0.25, -0.2) is 4.79 Å². The second-order valence-corrected chi connectivity index (χ2v) is 3.97. The van der Waals surface area contributed by atoms with Gasteiger partial charge in [-0.2, -0.15) is 0 Å². The second-order valence-electron chi connectivity index (χ2n) is 3.97. The molecule has 1 heterocycles. The second kappa shape index (κ2) is 4.49. The maximum atomic E-state index is 11.6. The third-order valence-electron chi connectivity index (χ3n) is 2.48. The zero-order valence-electron chi connectivity index (χ0n) is 9.18. The molecule has 1 aromatic carbocycles. The summed E-state index contributed by atoms with van der Waals surface area (Å²) in [4.78, 5) is 11.6. The molecule has 3 heteroatoms. The van der Waals surface area contributed by atoms with Gasteiger partial charge in [0.25, 0.3) is 0 Å². The van der Waals surface area contributed by atoms with E-state index in [-0.39, 0.29) is 12.6 Å². The molecule has 1 aliphatic heterocycles. The first-order valence-corrected chi connectivity index (χ1v) is 5.23. The highest BCUT2D eigenvalue weighted by atomic mass is 16.6. The highest BCUT2D eigenvalue weighted by molar-refractivity contribution is 5.89. The van der Waals surface area contributed by atoms with Crippen LogP contribution >= 0.6 is 0 Å². The molecule has 0 radical (unpaired) electrons. The van der Waals surface area contributed by atoms with Crippen LogP contribution < -0.4 is 0 Å². The molecule has 84 valence electrons. The van der Waals surface area contributed by atoms with Crippen molar-refractivity contribution in [1.82, 2.24) is 0 Å². The molecule has 0 saturated heterocycles. The summed E-state index contributed by atoms with van der Waals surface area (Å²) < 4.78 is 10.6. The van der Waals surface area contributed by atoms with Crippen LogP contribution in [0.1, 0.15) is 17.3 Å². The maximum absolute atomic E-state index is 11.6. The molecule has 0 amide bonds. The number of esters is 1. The molecule has 1 atom stereocenters. The Hall–Kier alpha value is -1.61. The lowest BCUT2D eigenvalue weighted by molar-refractivity contribution is -0.0221. The Labute approximate surface area is 94.7 Å². The quantitative estimate of drug-likeness (QED) is 0.576. The van der Waals surface area contributed by atoms with Crippen molar-refractivity contribution in [3.63, 3.8) is 0 Å². The first-order chi connectivity index (χ1) is 7.70. The fraction of sp³-hybridized carbons (Fsp3) is 0.308. The smallest absolute Gasteiger partial charge is 0.338 e. The molecule has 0 saturated carbocycles. The summed E-state index contributed by atoms with van der Waals surface area (Å²) in [5.74, 6) is -0.314. The number of hydrogen-bond donors (Lipinski definition) is 0. The van der Waals surface area contributed by atoms with Crippen LogP contribution in [-0.4, -0.2) is 24.8 Å². The van der Waals surface area contributed by atoms with Gasteiger partial charge in [-0.3, -0.25) is 0 Å². The van der Waals surface area contributed by atoms with Crippen LogP contribution in [0, 0.1) is 0 Å². The van der Waals surface area contributed by atoms with E-state index in [4.69, 9.17) is 9.47 Å². The monoisotopic (exact) mass is 218 g/mol. The Morgan fingerprint density at radius 3 is 2.81 bits per heavy atom. The molecule has 1 aliphatic rings. The summed E-state index contributed by atoms with van der Waals surface area (Å²) in [5, 5.41) is 0. The van der Waals surface area contributed by atoms with Crippen molar-refractivity contribution in [1.29, 1.82) is 0 Å². The average molecular weight is 218 g/mol. The molecular formula is C13H14O3. The van der Waals surface area contributed by atoms with Crippen molar-refractivity contribution >= 4 is 5.97 Å². The molecule has 3 nitrogen and oxygen atoms in total. The summed E-state index contributed by atoms with van der Waals surface area (Å²) in [5.41, 5.74) is 0.0952. The predicted octanol–water partition coefficient (Wildman–Crippen LogP) is 2.19. The third kappa shape index (κ3) is 2.49. The van der Waals surface area contributed by atoms with Crippen LogP contribution in [-0.2, 0) is 9.47 Å². The van der Waals surface area contributed by atoms with Gasteiger partial charge in [0.1, 0.15) is 12.2 Å². The number of ether oxygens (including phenoxy) is 2. The molecule has 0 aromatic heterocycles. The highest BCUT2D eigenvalue weighted by Gasteiger charge is 2.27. The number of rotatable bonds is 3. The molecule has 1 aromatic rings. The Balaban J connectivity index is 1.91. The van der Waals surface area contributed by atoms with E-state index >= 15 is 0 Å². The van der Waals surface area contributed by atoms with Crippen LogP contribution in [0.2, 0.25) is 0 Å². The molecule has 0 fully saturated rings. The maximum Gasteiger partial charge on any atom is 0.338 e. The van der Waals surface area contributed by atoms with E-state index in [1.165, 1.54) is 0 Å². The van der Waals surface area contributed by atoms with E-state index in [0.29, 0.717) is 12.2 Å². The Kier molecular flexibility index (Phi) is 3.06. The van der Waals surface area contributed by atoms with Gasteiger partial charge in [-0.05, 0) is 19.1 Å². The van der Waals surface area contributed by atoms with E-state index in [0.717, 1.165) is 0 Å². The molecule has 2 rings (SSSR count). The minimum atomic E-state index is -0.468. The average Bonchev–Trinajstić information content (AvgIpc) is 2.75. The van der Waals surface area contributed by atoms with Gasteiger partial charge in [0, 0.05) is 0 Å². The van der Waals surface area contributed by atoms with Gasteiger partial charge in [0.15, 0.2) is 0 Å². The lowest BCUT2D eigenvalue weighted by atomic mass is 10.1. The van der Waals surface area contributed by atoms with Crippen LogP contribution in [0.5, 0.6) is 0 Å². The van der Waals surface area contributed by atoms with E-state index < -0.39 is 5.60 Å². The largest absolute Gasteiger partial charge is 0.459 e. The Morgan fingerprint density at radius 1 is 1.44 bits per heavy atom. The van der Waals surface area contributed by atoms with Crippen LogP contribution in [0.25, 0.3) is 0 Å². The van der Waals surface area contributed by atoms with Gasteiger partial charge < -0.3 is 9.47 Å². The van der Waals surface area contributed by atoms with Crippen LogP contribution in [0.4, 0.5) is 0 Å². The standard InChI is InChI=1S/C13H14O3/c1-13(8-5-9-16-13)10-15-12(14)11-6-3-2-4-7-11/h2-8H,9-10H2,1H3/t13-/m1/s1. The lowest BCUT2D eigenvalue weighted by Crippen LogP contribution is -2.30. The summed E-state index contributed by atoms with van der Waals surface area (Å²) in [6, 6.07) is 8.95. The number of benzene rings is 1. The van der Waals surface area contributed by atoms with Gasteiger partial charge >= 0.3 is 5.97 Å². The summed E-state index contributed by atoms with van der Waals surface area (Å²) in [6.45, 7) is 2.73. The number of hydrogen-bond acceptors (Lipinski definition) is 3. The Bertz CT molecular complexity index is 397. The Morgan fingerprint density at radius 2 is 2.19 bits per heavy atom. The van der Waals surface area contributed by atoms with Crippen molar-refractivity contribution < 1.29 is 14.3 Å². The lowest BCUT2D eigenvalue weighted by Gasteiger charge is -2.21. The normalized spacial score (nSPS) is 23.3. The third-order valence-corrected chi connectivity index (χ3v) is 2.48. The molecular weight excluding hydrogens is 204 g/mol. The molecule has 0 bridgehead atoms. The fourth-order valence-corrected chi connectivity index (χ4v) is 1.54. The summed E-state index contributed by atoms with van der Waals surface area (Å²) >= 11 is 0. The number of carbonyl (C=O) groups excluding carboxylic acids is 1. The number of carbonyl (C=O) groups is 1. The molecule has 0 N–H and O–H groups in total. The van der Waals surface area contributed by atoms with Crippen molar-refractivity contribution in [3.05, 3.63) is 48.0 Å². The minimum Gasteiger partial charge on any atom is -0.459 e. The van der Waals surface area contributed by atoms with E-state index in [2.05, 4.69) is 0 Å². The SMILES string of the molecule is C[C@]1(COC(=O)c2ccccc2)C=CCO1. The summed E-state index contributed by atoms with van der Waals surface area (Å²) in [7, 11) is 0. The van der Waals surface area contributed by atoms with Gasteiger partial charge in [-0.15, -0.1) is 0 Å². The zero-order chi connectivity index (χ0) is 11.4. The van der Waals surface area contributed by atoms with Crippen LogP contribution in [0.15, 0.2) is 42.5 Å². The summed E-state index contributed by atoms with van der Waals surface area (Å²) in [6.07, 6.45) is 3.85. The first-order valence-electron chi connectivity index (χ1n) is 5.23. The van der Waals surface area contributed by atoms with Crippen molar-refractivity contribution in [3.8, 4) is 0 Å². The van der Waals surface area contributed by atoms with E-state index in [1.54, 1.807) is 12.1 Å². The fourth-order valence-electron chi connectivity index (χ4n) is 1.54. The first kappa shape index (κ1) is 10.9. The highest BCUT2D eigenvalue weighted by Crippen LogP contribution is 2.18. The van der Waals surface area contributed by atoms with Gasteiger partial charge in [0.05, 0.1) is 12.2 Å². The van der Waals surface area contributed by atoms with E-state index in [1.807, 2.05) is 37.3 Å². The molecule has 0 unspecified atom stereocenters.